The largest absolute Gasteiger partial charge is 0.0810 e. The first-order valence-electron chi connectivity index (χ1n) is 5.86. The molecule has 0 nitrogen and oxygen atoms in total. The predicted octanol–water partition coefficient (Wildman–Crippen LogP) is 3.99. The maximum absolute atomic E-state index is 2.52. The zero-order chi connectivity index (χ0) is 8.67. The van der Waals surface area contributed by atoms with E-state index in [1.165, 1.54) is 51.4 Å². The normalized spacial score (nSPS) is 32.6. The van der Waals surface area contributed by atoms with Gasteiger partial charge in [-0.2, -0.15) is 0 Å². The molecule has 13 heavy (non-hydrogen) atoms. The van der Waals surface area contributed by atoms with Crippen molar-refractivity contribution in [2.45, 2.75) is 51.4 Å². The fourth-order valence-electron chi connectivity index (χ4n) is 3.46. The van der Waals surface area contributed by atoms with Crippen molar-refractivity contribution in [2.24, 2.45) is 5.92 Å². The Hall–Kier alpha value is -0.520. The zero-order valence-corrected chi connectivity index (χ0v) is 8.31. The van der Waals surface area contributed by atoms with Crippen LogP contribution in [0.4, 0.5) is 0 Å². The highest BCUT2D eigenvalue weighted by Crippen LogP contribution is 2.46. The van der Waals surface area contributed by atoms with E-state index in [1.54, 1.807) is 5.57 Å². The van der Waals surface area contributed by atoms with Crippen molar-refractivity contribution in [2.75, 3.05) is 0 Å². The van der Waals surface area contributed by atoms with E-state index >= 15 is 0 Å². The maximum atomic E-state index is 2.52. The minimum atomic E-state index is 0.976. The van der Waals surface area contributed by atoms with E-state index in [0.29, 0.717) is 0 Å². The summed E-state index contributed by atoms with van der Waals surface area (Å²) in [7, 11) is 0. The molecule has 0 radical (unpaired) electrons. The lowest BCUT2D eigenvalue weighted by Crippen LogP contribution is -2.20. The molecule has 1 atom stereocenters. The van der Waals surface area contributed by atoms with E-state index in [0.717, 1.165) is 5.92 Å². The third kappa shape index (κ3) is 1.19. The lowest BCUT2D eigenvalue weighted by Gasteiger charge is -2.36. The molecule has 1 unspecified atom stereocenters. The van der Waals surface area contributed by atoms with E-state index < -0.39 is 0 Å². The van der Waals surface area contributed by atoms with E-state index in [4.69, 9.17) is 0 Å². The lowest BCUT2D eigenvalue weighted by atomic mass is 9.69. The van der Waals surface area contributed by atoms with Crippen molar-refractivity contribution in [1.29, 1.82) is 0 Å². The van der Waals surface area contributed by atoms with Gasteiger partial charge in [-0.1, -0.05) is 11.6 Å². The van der Waals surface area contributed by atoms with E-state index in [9.17, 15) is 0 Å². The van der Waals surface area contributed by atoms with Crippen molar-refractivity contribution in [3.05, 3.63) is 22.8 Å². The topological polar surface area (TPSA) is 0 Å². The van der Waals surface area contributed by atoms with Gasteiger partial charge < -0.3 is 0 Å². The quantitative estimate of drug-likeness (QED) is 0.521. The van der Waals surface area contributed by atoms with Gasteiger partial charge in [0.05, 0.1) is 0 Å². The van der Waals surface area contributed by atoms with Gasteiger partial charge in [0.15, 0.2) is 0 Å². The molecule has 0 heteroatoms. The summed E-state index contributed by atoms with van der Waals surface area (Å²) in [5.41, 5.74) is 5.43. The Kier molecular flexibility index (Phi) is 1.81. The smallest absolute Gasteiger partial charge is 0.0157 e. The molecule has 0 amide bonds. The van der Waals surface area contributed by atoms with E-state index in [1.807, 2.05) is 11.1 Å². The molecule has 0 aromatic rings. The molecule has 0 N–H and O–H groups in total. The van der Waals surface area contributed by atoms with Gasteiger partial charge in [-0.3, -0.25) is 0 Å². The fourth-order valence-corrected chi connectivity index (χ4v) is 3.46. The van der Waals surface area contributed by atoms with Gasteiger partial charge in [0, 0.05) is 0 Å². The van der Waals surface area contributed by atoms with Crippen LogP contribution in [0.1, 0.15) is 51.4 Å². The molecule has 0 aliphatic heterocycles. The maximum Gasteiger partial charge on any atom is -0.0157 e. The summed E-state index contributed by atoms with van der Waals surface area (Å²) in [6, 6.07) is 0. The average Bonchev–Trinajstić information content (AvgIpc) is 2.19. The highest BCUT2D eigenvalue weighted by Gasteiger charge is 2.29. The summed E-state index contributed by atoms with van der Waals surface area (Å²) in [5, 5.41) is 0. The van der Waals surface area contributed by atoms with Crippen LogP contribution < -0.4 is 0 Å². The van der Waals surface area contributed by atoms with Gasteiger partial charge in [-0.15, -0.1) is 0 Å². The van der Waals surface area contributed by atoms with Crippen LogP contribution in [0.2, 0.25) is 0 Å². The second kappa shape index (κ2) is 3.01. The van der Waals surface area contributed by atoms with Gasteiger partial charge in [0.2, 0.25) is 0 Å². The van der Waals surface area contributed by atoms with Crippen LogP contribution in [-0.4, -0.2) is 0 Å². The van der Waals surface area contributed by atoms with Crippen molar-refractivity contribution in [1.82, 2.24) is 0 Å². The van der Waals surface area contributed by atoms with Crippen LogP contribution in [0.3, 0.4) is 0 Å². The molecule has 70 valence electrons. The molecule has 0 saturated heterocycles. The summed E-state index contributed by atoms with van der Waals surface area (Å²) < 4.78 is 0. The van der Waals surface area contributed by atoms with Crippen LogP contribution >= 0.6 is 0 Å². The predicted molar refractivity (Wildman–Crippen MR) is 55.5 cm³/mol. The molecule has 0 spiro atoms. The van der Waals surface area contributed by atoms with Gasteiger partial charge >= 0.3 is 0 Å². The van der Waals surface area contributed by atoms with E-state index in [-0.39, 0.29) is 0 Å². The van der Waals surface area contributed by atoms with Gasteiger partial charge in [-0.25, -0.2) is 0 Å². The number of hydrogen-bond donors (Lipinski definition) is 0. The molecule has 0 bridgehead atoms. The summed E-state index contributed by atoms with van der Waals surface area (Å²) in [6.45, 7) is 0. The summed E-state index contributed by atoms with van der Waals surface area (Å²) in [4.78, 5) is 0. The molecule has 3 aliphatic carbocycles. The fraction of sp³-hybridized carbons (Fsp3) is 0.692. The lowest BCUT2D eigenvalue weighted by molar-refractivity contribution is 0.439. The van der Waals surface area contributed by atoms with Crippen molar-refractivity contribution >= 4 is 0 Å². The van der Waals surface area contributed by atoms with Crippen molar-refractivity contribution in [3.63, 3.8) is 0 Å². The van der Waals surface area contributed by atoms with Crippen molar-refractivity contribution in [3.8, 4) is 0 Å². The van der Waals surface area contributed by atoms with E-state index in [2.05, 4.69) is 6.08 Å². The summed E-state index contributed by atoms with van der Waals surface area (Å²) >= 11 is 0. The van der Waals surface area contributed by atoms with Crippen molar-refractivity contribution < 1.29 is 0 Å². The number of rotatable bonds is 0. The third-order valence-corrected chi connectivity index (χ3v) is 4.00. The Bertz CT molecular complexity index is 276. The van der Waals surface area contributed by atoms with Crippen LogP contribution in [0.25, 0.3) is 0 Å². The molecule has 3 rings (SSSR count). The summed E-state index contributed by atoms with van der Waals surface area (Å²) in [5.74, 6) is 0.976. The Morgan fingerprint density at radius 2 is 1.92 bits per heavy atom. The zero-order valence-electron chi connectivity index (χ0n) is 8.31. The minimum Gasteiger partial charge on any atom is -0.0810 e. The average molecular weight is 174 g/mol. The Labute approximate surface area is 80.7 Å². The van der Waals surface area contributed by atoms with Crippen LogP contribution in [0.15, 0.2) is 22.8 Å². The Morgan fingerprint density at radius 1 is 1.00 bits per heavy atom. The summed E-state index contributed by atoms with van der Waals surface area (Å²) in [6.07, 6.45) is 13.9. The first kappa shape index (κ1) is 7.84. The SMILES string of the molecule is C1=C2CCCC3=C2C(CC1)CCC3. The van der Waals surface area contributed by atoms with Crippen LogP contribution in [-0.2, 0) is 0 Å². The molecular formula is C13H18. The molecule has 0 aromatic carbocycles. The molecule has 3 aliphatic rings. The number of allylic oxidation sites excluding steroid dienone is 4. The van der Waals surface area contributed by atoms with Crippen LogP contribution in [0, 0.1) is 5.92 Å². The van der Waals surface area contributed by atoms with Gasteiger partial charge in [0.1, 0.15) is 0 Å². The minimum absolute atomic E-state index is 0.976. The molecular weight excluding hydrogens is 156 g/mol. The third-order valence-electron chi connectivity index (χ3n) is 4.00. The second-order valence-electron chi connectivity index (χ2n) is 4.77. The molecule has 0 fully saturated rings. The standard InChI is InChI=1S/C13H18/c1-4-10-6-2-8-12-9-3-7-11(5-1)13(10)12/h4,11H,1-3,5-9H2. The monoisotopic (exact) mass is 174 g/mol. The first-order valence-corrected chi connectivity index (χ1v) is 5.86. The number of hydrogen-bond acceptors (Lipinski definition) is 0. The molecule has 0 saturated carbocycles. The second-order valence-corrected chi connectivity index (χ2v) is 4.77. The Balaban J connectivity index is 2.08. The van der Waals surface area contributed by atoms with Gasteiger partial charge in [-0.05, 0) is 68.4 Å². The Morgan fingerprint density at radius 3 is 2.92 bits per heavy atom. The van der Waals surface area contributed by atoms with Crippen LogP contribution in [0.5, 0.6) is 0 Å². The highest BCUT2D eigenvalue weighted by molar-refractivity contribution is 5.42. The van der Waals surface area contributed by atoms with Gasteiger partial charge in [0.25, 0.3) is 0 Å². The molecule has 0 heterocycles. The highest BCUT2D eigenvalue weighted by atomic mass is 14.3. The molecule has 0 aromatic heterocycles. The first-order chi connectivity index (χ1) is 6.45.